The standard InChI is InChI=1S/C21H26N2O2S/c24-26(25,20-8-7-17-3-1-2-4-18(17)15-20)23-11-9-22(10-12-23)21-14-16-5-6-19(21)13-16/h1-4,7-8,15-16,19,21H,5-6,9-14H2/t16-,19+,21+/m1/s1. The van der Waals surface area contributed by atoms with Crippen LogP contribution >= 0.6 is 0 Å². The molecule has 2 saturated carbocycles. The quantitative estimate of drug-likeness (QED) is 0.832. The molecule has 2 aromatic carbocycles. The smallest absolute Gasteiger partial charge is 0.243 e. The lowest BCUT2D eigenvalue weighted by Crippen LogP contribution is -2.53. The van der Waals surface area contributed by atoms with E-state index in [9.17, 15) is 8.42 Å². The Morgan fingerprint density at radius 2 is 1.62 bits per heavy atom. The summed E-state index contributed by atoms with van der Waals surface area (Å²) >= 11 is 0. The second kappa shape index (κ2) is 6.32. The Bertz CT molecular complexity index is 919. The van der Waals surface area contributed by atoms with Gasteiger partial charge in [-0.05, 0) is 54.0 Å². The Balaban J connectivity index is 1.31. The van der Waals surface area contributed by atoms with Gasteiger partial charge in [-0.15, -0.1) is 0 Å². The van der Waals surface area contributed by atoms with Gasteiger partial charge in [0, 0.05) is 32.2 Å². The molecule has 0 aromatic heterocycles. The van der Waals surface area contributed by atoms with Crippen molar-refractivity contribution in [1.82, 2.24) is 9.21 Å². The second-order valence-corrected chi connectivity index (χ2v) is 10.1. The predicted octanol–water partition coefficient (Wildman–Crippen LogP) is 3.33. The molecule has 1 saturated heterocycles. The lowest BCUT2D eigenvalue weighted by molar-refractivity contribution is 0.101. The molecule has 0 amide bonds. The van der Waals surface area contributed by atoms with E-state index in [-0.39, 0.29) is 0 Å². The van der Waals surface area contributed by atoms with Crippen molar-refractivity contribution in [1.29, 1.82) is 0 Å². The van der Waals surface area contributed by atoms with E-state index in [1.54, 1.807) is 10.4 Å². The van der Waals surface area contributed by atoms with Gasteiger partial charge >= 0.3 is 0 Å². The van der Waals surface area contributed by atoms with Crippen molar-refractivity contribution in [2.24, 2.45) is 11.8 Å². The van der Waals surface area contributed by atoms with Gasteiger partial charge in [-0.25, -0.2) is 8.42 Å². The molecular formula is C21H26N2O2S. The highest BCUT2D eigenvalue weighted by Crippen LogP contribution is 2.46. The van der Waals surface area contributed by atoms with Crippen molar-refractivity contribution in [3.05, 3.63) is 42.5 Å². The van der Waals surface area contributed by atoms with E-state index in [4.69, 9.17) is 0 Å². The first-order valence-electron chi connectivity index (χ1n) is 9.84. The normalized spacial score (nSPS) is 30.2. The summed E-state index contributed by atoms with van der Waals surface area (Å²) in [7, 11) is -3.40. The summed E-state index contributed by atoms with van der Waals surface area (Å²) in [6.07, 6.45) is 5.53. The Labute approximate surface area is 155 Å². The molecule has 5 rings (SSSR count). The number of rotatable bonds is 3. The highest BCUT2D eigenvalue weighted by molar-refractivity contribution is 7.89. The third-order valence-electron chi connectivity index (χ3n) is 6.80. The molecule has 3 atom stereocenters. The molecule has 2 aliphatic carbocycles. The molecule has 3 aliphatic rings. The molecule has 2 bridgehead atoms. The van der Waals surface area contributed by atoms with E-state index in [2.05, 4.69) is 4.90 Å². The van der Waals surface area contributed by atoms with Crippen LogP contribution in [0.1, 0.15) is 25.7 Å². The highest BCUT2D eigenvalue weighted by atomic mass is 32.2. The number of piperazine rings is 1. The molecule has 1 heterocycles. The predicted molar refractivity (Wildman–Crippen MR) is 104 cm³/mol. The van der Waals surface area contributed by atoms with Gasteiger partial charge in [-0.3, -0.25) is 4.90 Å². The molecule has 26 heavy (non-hydrogen) atoms. The zero-order chi connectivity index (χ0) is 17.7. The molecule has 2 aromatic rings. The van der Waals surface area contributed by atoms with Crippen LogP contribution in [0.5, 0.6) is 0 Å². The second-order valence-electron chi connectivity index (χ2n) is 8.19. The van der Waals surface area contributed by atoms with Gasteiger partial charge in [-0.2, -0.15) is 4.31 Å². The maximum Gasteiger partial charge on any atom is 0.243 e. The monoisotopic (exact) mass is 370 g/mol. The van der Waals surface area contributed by atoms with Gasteiger partial charge in [-0.1, -0.05) is 36.8 Å². The summed E-state index contributed by atoms with van der Waals surface area (Å²) in [5.41, 5.74) is 0. The van der Waals surface area contributed by atoms with E-state index in [1.807, 2.05) is 36.4 Å². The zero-order valence-corrected chi connectivity index (χ0v) is 15.9. The molecule has 3 fully saturated rings. The zero-order valence-electron chi connectivity index (χ0n) is 15.0. The van der Waals surface area contributed by atoms with Crippen molar-refractivity contribution in [2.75, 3.05) is 26.2 Å². The fourth-order valence-electron chi connectivity index (χ4n) is 5.41. The van der Waals surface area contributed by atoms with Crippen LogP contribution in [0.15, 0.2) is 47.4 Å². The number of benzene rings is 2. The van der Waals surface area contributed by atoms with Gasteiger partial charge in [0.2, 0.25) is 10.0 Å². The minimum Gasteiger partial charge on any atom is -0.297 e. The van der Waals surface area contributed by atoms with Crippen molar-refractivity contribution in [3.8, 4) is 0 Å². The van der Waals surface area contributed by atoms with Crippen molar-refractivity contribution >= 4 is 20.8 Å². The van der Waals surface area contributed by atoms with Gasteiger partial charge in [0.1, 0.15) is 0 Å². The molecule has 5 heteroatoms. The Morgan fingerprint density at radius 3 is 2.31 bits per heavy atom. The van der Waals surface area contributed by atoms with Crippen LogP contribution in [0.4, 0.5) is 0 Å². The number of sulfonamides is 1. The summed E-state index contributed by atoms with van der Waals surface area (Å²) in [5, 5.41) is 2.06. The van der Waals surface area contributed by atoms with Gasteiger partial charge in [0.15, 0.2) is 0 Å². The van der Waals surface area contributed by atoms with E-state index < -0.39 is 10.0 Å². The van der Waals surface area contributed by atoms with Gasteiger partial charge in [0.05, 0.1) is 4.90 Å². The molecule has 1 aliphatic heterocycles. The van der Waals surface area contributed by atoms with Crippen molar-refractivity contribution in [2.45, 2.75) is 36.6 Å². The van der Waals surface area contributed by atoms with Crippen LogP contribution in [0.3, 0.4) is 0 Å². The minimum atomic E-state index is -3.40. The third-order valence-corrected chi connectivity index (χ3v) is 8.70. The fraction of sp³-hybridized carbons (Fsp3) is 0.524. The average molecular weight is 371 g/mol. The summed E-state index contributed by atoms with van der Waals surface area (Å²) in [6, 6.07) is 14.1. The summed E-state index contributed by atoms with van der Waals surface area (Å²) in [5.74, 6) is 1.80. The Hall–Kier alpha value is -1.43. The van der Waals surface area contributed by atoms with E-state index in [0.717, 1.165) is 35.7 Å². The first kappa shape index (κ1) is 16.7. The molecule has 0 spiro atoms. The highest BCUT2D eigenvalue weighted by Gasteiger charge is 2.43. The summed E-state index contributed by atoms with van der Waals surface area (Å²) < 4.78 is 27.9. The van der Waals surface area contributed by atoms with Crippen LogP contribution in [0, 0.1) is 11.8 Å². The molecule has 0 N–H and O–H groups in total. The van der Waals surface area contributed by atoms with Crippen LogP contribution in [-0.4, -0.2) is 49.8 Å². The van der Waals surface area contributed by atoms with Crippen LogP contribution < -0.4 is 0 Å². The van der Waals surface area contributed by atoms with E-state index in [0.29, 0.717) is 24.0 Å². The molecule has 0 unspecified atom stereocenters. The lowest BCUT2D eigenvalue weighted by Gasteiger charge is -2.40. The summed E-state index contributed by atoms with van der Waals surface area (Å²) in [6.45, 7) is 2.98. The Kier molecular flexibility index (Phi) is 4.07. The molecule has 138 valence electrons. The van der Waals surface area contributed by atoms with Crippen LogP contribution in [0.25, 0.3) is 10.8 Å². The number of hydrogen-bond donors (Lipinski definition) is 0. The fourth-order valence-corrected chi connectivity index (χ4v) is 6.87. The van der Waals surface area contributed by atoms with Gasteiger partial charge in [0.25, 0.3) is 0 Å². The number of nitrogens with zero attached hydrogens (tertiary/aromatic N) is 2. The molecule has 4 nitrogen and oxygen atoms in total. The molecule has 0 radical (unpaired) electrons. The van der Waals surface area contributed by atoms with E-state index >= 15 is 0 Å². The number of hydrogen-bond acceptors (Lipinski definition) is 3. The SMILES string of the molecule is O=S(=O)(c1ccc2ccccc2c1)N1CCN([C@H]2C[C@@H]3CC[C@H]2C3)CC1. The topological polar surface area (TPSA) is 40.6 Å². The first-order valence-corrected chi connectivity index (χ1v) is 11.3. The summed E-state index contributed by atoms with van der Waals surface area (Å²) in [4.78, 5) is 2.99. The molecular weight excluding hydrogens is 344 g/mol. The largest absolute Gasteiger partial charge is 0.297 e. The van der Waals surface area contributed by atoms with Crippen LogP contribution in [-0.2, 0) is 10.0 Å². The maximum atomic E-state index is 13.1. The Morgan fingerprint density at radius 1 is 0.846 bits per heavy atom. The number of fused-ring (bicyclic) bond motifs is 3. The van der Waals surface area contributed by atoms with E-state index in [1.165, 1.54) is 25.7 Å². The average Bonchev–Trinajstić information content (AvgIpc) is 3.31. The van der Waals surface area contributed by atoms with Gasteiger partial charge < -0.3 is 0 Å². The minimum absolute atomic E-state index is 0.421. The maximum absolute atomic E-state index is 13.1. The van der Waals surface area contributed by atoms with Crippen LogP contribution in [0.2, 0.25) is 0 Å². The van der Waals surface area contributed by atoms with Crippen molar-refractivity contribution < 1.29 is 8.42 Å². The lowest BCUT2D eigenvalue weighted by atomic mass is 9.93. The first-order chi connectivity index (χ1) is 12.6. The third kappa shape index (κ3) is 2.77. The van der Waals surface area contributed by atoms with Crippen molar-refractivity contribution in [3.63, 3.8) is 0 Å².